The lowest BCUT2D eigenvalue weighted by atomic mass is 10.0. The van der Waals surface area contributed by atoms with Crippen molar-refractivity contribution >= 4 is 11.9 Å². The lowest BCUT2D eigenvalue weighted by molar-refractivity contribution is -0.141. The Labute approximate surface area is 193 Å². The molecule has 3 rings (SSSR count). The van der Waals surface area contributed by atoms with Crippen LogP contribution in [0.4, 0.5) is 26.7 Å². The molecule has 0 radical (unpaired) electrons. The molecule has 1 amide bonds. The van der Waals surface area contributed by atoms with Crippen molar-refractivity contribution in [2.75, 3.05) is 6.54 Å². The molecule has 184 valence electrons. The minimum atomic E-state index is -4.61. The summed E-state index contributed by atoms with van der Waals surface area (Å²) < 4.78 is 71.5. The molecular formula is C23H24F5N3O3. The van der Waals surface area contributed by atoms with Crippen molar-refractivity contribution in [3.63, 3.8) is 0 Å². The van der Waals surface area contributed by atoms with E-state index in [1.807, 2.05) is 0 Å². The Morgan fingerprint density at radius 2 is 1.88 bits per heavy atom. The largest absolute Gasteiger partial charge is 0.444 e. The zero-order valence-corrected chi connectivity index (χ0v) is 18.8. The van der Waals surface area contributed by atoms with E-state index in [1.165, 1.54) is 6.07 Å². The molecule has 6 nitrogen and oxygen atoms in total. The number of carbonyl (C=O) groups excluding carboxylic acids is 2. The number of aromatic nitrogens is 2. The van der Waals surface area contributed by atoms with E-state index in [9.17, 15) is 31.5 Å². The van der Waals surface area contributed by atoms with Gasteiger partial charge >= 0.3 is 12.3 Å². The number of nitrogens with zero attached hydrogens (tertiary/aromatic N) is 3. The van der Waals surface area contributed by atoms with Gasteiger partial charge in [0.25, 0.3) is 0 Å². The van der Waals surface area contributed by atoms with Gasteiger partial charge in [0.15, 0.2) is 5.78 Å². The van der Waals surface area contributed by atoms with Gasteiger partial charge in [0.1, 0.15) is 17.5 Å². The second kappa shape index (κ2) is 9.63. The van der Waals surface area contributed by atoms with Crippen molar-refractivity contribution in [1.82, 2.24) is 14.9 Å². The van der Waals surface area contributed by atoms with Crippen molar-refractivity contribution in [2.24, 2.45) is 0 Å². The number of likely N-dealkylation sites (tertiary alicyclic amines) is 1. The highest BCUT2D eigenvalue weighted by atomic mass is 19.4. The summed E-state index contributed by atoms with van der Waals surface area (Å²) in [5.74, 6) is -1.28. The summed E-state index contributed by atoms with van der Waals surface area (Å²) in [6.07, 6.45) is -5.99. The summed E-state index contributed by atoms with van der Waals surface area (Å²) in [5, 5.41) is 0. The maximum Gasteiger partial charge on any atom is 0.433 e. The number of Topliss-reactive ketones (excluding diaryl/α,β-unsaturated/α-hetero) is 1. The Kier molecular flexibility index (Phi) is 7.23. The van der Waals surface area contributed by atoms with E-state index in [4.69, 9.17) is 4.74 Å². The van der Waals surface area contributed by atoms with Crippen LogP contribution in [0.15, 0.2) is 30.5 Å². The fourth-order valence-corrected chi connectivity index (χ4v) is 3.60. The number of aryl methyl sites for hydroxylation is 1. The Morgan fingerprint density at radius 3 is 2.47 bits per heavy atom. The van der Waals surface area contributed by atoms with Gasteiger partial charge in [0.2, 0.25) is 5.95 Å². The first kappa shape index (κ1) is 25.5. The predicted molar refractivity (Wildman–Crippen MR) is 112 cm³/mol. The maximum atomic E-state index is 14.1. The Morgan fingerprint density at radius 1 is 1.18 bits per heavy atom. The van der Waals surface area contributed by atoms with E-state index in [2.05, 4.69) is 9.97 Å². The molecule has 0 aromatic carbocycles. The first-order valence-electron chi connectivity index (χ1n) is 10.6. The standard InChI is InChI=1S/C23H24F5N3O3/c1-22(2,3)34-21(33)31-12-15(24)10-17(31)18(32)6-4-13-8-16(30-20(25)9-13)14-5-7-19(29-11-14)23(26,27)28/h5,7-9,11,15,17H,4,6,10,12H2,1-3H3/t15-,17+/m1/s1. The summed E-state index contributed by atoms with van der Waals surface area (Å²) in [6.45, 7) is 4.73. The zero-order chi connectivity index (χ0) is 25.3. The number of pyridine rings is 2. The Hall–Kier alpha value is -3.11. The number of ether oxygens (including phenoxy) is 1. The summed E-state index contributed by atoms with van der Waals surface area (Å²) in [7, 11) is 0. The number of alkyl halides is 4. The van der Waals surface area contributed by atoms with Crippen molar-refractivity contribution in [3.8, 4) is 11.3 Å². The van der Waals surface area contributed by atoms with E-state index in [-0.39, 0.29) is 37.1 Å². The average Bonchev–Trinajstić information content (AvgIpc) is 3.12. The lowest BCUT2D eigenvalue weighted by Gasteiger charge is -2.27. The molecule has 3 heterocycles. The average molecular weight is 485 g/mol. The van der Waals surface area contributed by atoms with Gasteiger partial charge in [-0.2, -0.15) is 17.6 Å². The monoisotopic (exact) mass is 485 g/mol. The van der Waals surface area contributed by atoms with Crippen LogP contribution in [0.2, 0.25) is 0 Å². The van der Waals surface area contributed by atoms with Crippen molar-refractivity contribution in [1.29, 1.82) is 0 Å². The van der Waals surface area contributed by atoms with Gasteiger partial charge in [-0.1, -0.05) is 0 Å². The van der Waals surface area contributed by atoms with Gasteiger partial charge in [-0.05, 0) is 57.0 Å². The van der Waals surface area contributed by atoms with Crippen molar-refractivity contribution in [3.05, 3.63) is 47.7 Å². The number of hydrogen-bond acceptors (Lipinski definition) is 5. The molecule has 0 unspecified atom stereocenters. The minimum Gasteiger partial charge on any atom is -0.444 e. The van der Waals surface area contributed by atoms with Crippen LogP contribution in [0.5, 0.6) is 0 Å². The summed E-state index contributed by atoms with van der Waals surface area (Å²) >= 11 is 0. The molecule has 0 spiro atoms. The van der Waals surface area contributed by atoms with Crippen molar-refractivity contribution < 1.29 is 36.3 Å². The SMILES string of the molecule is CC(C)(C)OC(=O)N1C[C@H](F)C[C@H]1C(=O)CCc1cc(F)nc(-c2ccc(C(F)(F)F)nc2)c1. The van der Waals surface area contributed by atoms with E-state index in [1.54, 1.807) is 20.8 Å². The minimum absolute atomic E-state index is 0.0590. The number of rotatable bonds is 5. The second-order valence-electron chi connectivity index (χ2n) is 9.06. The molecule has 34 heavy (non-hydrogen) atoms. The van der Waals surface area contributed by atoms with Crippen molar-refractivity contribution in [2.45, 2.75) is 64.0 Å². The van der Waals surface area contributed by atoms with Gasteiger partial charge in [0, 0.05) is 24.6 Å². The smallest absolute Gasteiger partial charge is 0.433 e. The molecule has 1 aliphatic heterocycles. The predicted octanol–water partition coefficient (Wildman–Crippen LogP) is 5.15. The van der Waals surface area contributed by atoms with Gasteiger partial charge in [0.05, 0.1) is 18.3 Å². The van der Waals surface area contributed by atoms with Crippen LogP contribution in [0.3, 0.4) is 0 Å². The summed E-state index contributed by atoms with van der Waals surface area (Å²) in [5.41, 5.74) is -1.29. The summed E-state index contributed by atoms with van der Waals surface area (Å²) in [6, 6.07) is 3.45. The molecule has 1 fully saturated rings. The molecular weight excluding hydrogens is 461 g/mol. The first-order valence-corrected chi connectivity index (χ1v) is 10.6. The van der Waals surface area contributed by atoms with Crippen LogP contribution < -0.4 is 0 Å². The third kappa shape index (κ3) is 6.48. The van der Waals surface area contributed by atoms with Gasteiger partial charge < -0.3 is 4.74 Å². The molecule has 0 aliphatic carbocycles. The topological polar surface area (TPSA) is 72.4 Å². The van der Waals surface area contributed by atoms with E-state index >= 15 is 0 Å². The fraction of sp³-hybridized carbons (Fsp3) is 0.478. The van der Waals surface area contributed by atoms with Crippen LogP contribution >= 0.6 is 0 Å². The van der Waals surface area contributed by atoms with Gasteiger partial charge in [-0.15, -0.1) is 0 Å². The molecule has 0 N–H and O–H groups in total. The molecule has 2 aromatic heterocycles. The summed E-state index contributed by atoms with van der Waals surface area (Å²) in [4.78, 5) is 33.3. The number of halogens is 5. The number of hydrogen-bond donors (Lipinski definition) is 0. The van der Waals surface area contributed by atoms with E-state index < -0.39 is 47.5 Å². The van der Waals surface area contributed by atoms with Gasteiger partial charge in [-0.3, -0.25) is 14.7 Å². The van der Waals surface area contributed by atoms with Gasteiger partial charge in [-0.25, -0.2) is 14.2 Å². The molecule has 1 saturated heterocycles. The third-order valence-electron chi connectivity index (χ3n) is 5.11. The Bertz CT molecular complexity index is 1050. The highest BCUT2D eigenvalue weighted by Crippen LogP contribution is 2.29. The first-order chi connectivity index (χ1) is 15.7. The normalized spacial score (nSPS) is 18.8. The quantitative estimate of drug-likeness (QED) is 0.433. The van der Waals surface area contributed by atoms with Crippen LogP contribution in [-0.4, -0.2) is 51.1 Å². The van der Waals surface area contributed by atoms with E-state index in [0.717, 1.165) is 29.3 Å². The third-order valence-corrected chi connectivity index (χ3v) is 5.11. The zero-order valence-electron chi connectivity index (χ0n) is 18.8. The van der Waals surface area contributed by atoms with E-state index in [0.29, 0.717) is 5.56 Å². The fourth-order valence-electron chi connectivity index (χ4n) is 3.60. The lowest BCUT2D eigenvalue weighted by Crippen LogP contribution is -2.43. The number of carbonyl (C=O) groups is 2. The molecule has 0 saturated carbocycles. The Balaban J connectivity index is 1.71. The molecule has 2 aromatic rings. The molecule has 2 atom stereocenters. The molecule has 0 bridgehead atoms. The second-order valence-corrected chi connectivity index (χ2v) is 9.06. The van der Waals surface area contributed by atoms with Crippen LogP contribution in [-0.2, 0) is 22.1 Å². The highest BCUT2D eigenvalue weighted by Gasteiger charge is 2.41. The van der Waals surface area contributed by atoms with Crippen LogP contribution in [0.1, 0.15) is 44.9 Å². The number of ketones is 1. The van der Waals surface area contributed by atoms with Crippen LogP contribution in [0.25, 0.3) is 11.3 Å². The van der Waals surface area contributed by atoms with Crippen LogP contribution in [0, 0.1) is 5.95 Å². The highest BCUT2D eigenvalue weighted by molar-refractivity contribution is 5.88. The number of amides is 1. The molecule has 1 aliphatic rings. The molecule has 11 heteroatoms. The maximum absolute atomic E-state index is 14.1.